The van der Waals surface area contributed by atoms with Gasteiger partial charge in [-0.15, -0.1) is 0 Å². The van der Waals surface area contributed by atoms with Crippen LogP contribution in [-0.4, -0.2) is 22.5 Å². The molecule has 0 aliphatic heterocycles. The molecule has 0 aliphatic carbocycles. The van der Waals surface area contributed by atoms with E-state index in [2.05, 4.69) is 4.74 Å². The predicted octanol–water partition coefficient (Wildman–Crippen LogP) is 2.13. The minimum absolute atomic E-state index is 0.153. The highest BCUT2D eigenvalue weighted by molar-refractivity contribution is 7.84. The van der Waals surface area contributed by atoms with Gasteiger partial charge in [-0.25, -0.2) is 4.79 Å². The van der Waals surface area contributed by atoms with E-state index in [4.69, 9.17) is 0 Å². The van der Waals surface area contributed by atoms with Crippen molar-refractivity contribution in [2.24, 2.45) is 0 Å². The maximum atomic E-state index is 11.6. The molecule has 1 unspecified atom stereocenters. The van der Waals surface area contributed by atoms with Crippen molar-refractivity contribution in [1.82, 2.24) is 0 Å². The minimum atomic E-state index is -0.858. The second-order valence-electron chi connectivity index (χ2n) is 3.76. The summed E-state index contributed by atoms with van der Waals surface area (Å²) in [5.74, 6) is 0.176. The van der Waals surface area contributed by atoms with Gasteiger partial charge in [0.05, 0.1) is 12.7 Å². The molecule has 0 fully saturated rings. The van der Waals surface area contributed by atoms with Crippen molar-refractivity contribution in [3.63, 3.8) is 0 Å². The van der Waals surface area contributed by atoms with Crippen LogP contribution < -0.4 is 0 Å². The summed E-state index contributed by atoms with van der Waals surface area (Å²) in [5.41, 5.74) is 1.49. The van der Waals surface area contributed by atoms with Crippen LogP contribution in [0.4, 0.5) is 0 Å². The average Bonchev–Trinajstić information content (AvgIpc) is 2.28. The number of hydrogen-bond acceptors (Lipinski definition) is 3. The van der Waals surface area contributed by atoms with Gasteiger partial charge in [-0.3, -0.25) is 4.21 Å². The van der Waals surface area contributed by atoms with Crippen molar-refractivity contribution in [1.29, 1.82) is 0 Å². The predicted molar refractivity (Wildman–Crippen MR) is 64.8 cm³/mol. The lowest BCUT2D eigenvalue weighted by Crippen LogP contribution is -2.08. The van der Waals surface area contributed by atoms with Crippen LogP contribution in [0.25, 0.3) is 0 Å². The second-order valence-corrected chi connectivity index (χ2v) is 5.76. The van der Waals surface area contributed by atoms with Crippen LogP contribution in [0.1, 0.15) is 29.8 Å². The average molecular weight is 240 g/mol. The molecule has 4 heteroatoms. The molecular weight excluding hydrogens is 224 g/mol. The van der Waals surface area contributed by atoms with E-state index in [1.165, 1.54) is 7.11 Å². The van der Waals surface area contributed by atoms with Gasteiger partial charge in [0.15, 0.2) is 0 Å². The zero-order valence-corrected chi connectivity index (χ0v) is 10.5. The highest BCUT2D eigenvalue weighted by Gasteiger charge is 2.08. The van der Waals surface area contributed by atoms with E-state index >= 15 is 0 Å². The molecule has 1 aromatic rings. The summed E-state index contributed by atoms with van der Waals surface area (Å²) in [7, 11) is 0.493. The number of methoxy groups -OCH3 is 1. The summed E-state index contributed by atoms with van der Waals surface area (Å²) in [6, 6.07) is 7.01. The molecule has 0 saturated carbocycles. The number of ether oxygens (including phenoxy) is 1. The maximum Gasteiger partial charge on any atom is 0.337 e. The van der Waals surface area contributed by atoms with E-state index < -0.39 is 10.8 Å². The van der Waals surface area contributed by atoms with Crippen LogP contribution in [0.15, 0.2) is 24.3 Å². The first-order valence-corrected chi connectivity index (χ1v) is 6.47. The van der Waals surface area contributed by atoms with Crippen LogP contribution in [0.5, 0.6) is 0 Å². The first kappa shape index (κ1) is 12.9. The van der Waals surface area contributed by atoms with E-state index in [1.54, 1.807) is 12.1 Å². The highest BCUT2D eigenvalue weighted by Crippen LogP contribution is 2.09. The Balaban J connectivity index is 2.72. The van der Waals surface area contributed by atoms with Gasteiger partial charge in [-0.1, -0.05) is 26.0 Å². The van der Waals surface area contributed by atoms with E-state index in [0.29, 0.717) is 11.3 Å². The minimum Gasteiger partial charge on any atom is -0.465 e. The van der Waals surface area contributed by atoms with Crippen LogP contribution in [0, 0.1) is 0 Å². The second kappa shape index (κ2) is 5.80. The third-order valence-electron chi connectivity index (χ3n) is 2.21. The monoisotopic (exact) mass is 240 g/mol. The van der Waals surface area contributed by atoms with Gasteiger partial charge in [0.2, 0.25) is 0 Å². The zero-order valence-electron chi connectivity index (χ0n) is 9.73. The largest absolute Gasteiger partial charge is 0.465 e. The van der Waals surface area contributed by atoms with Gasteiger partial charge in [0.1, 0.15) is 0 Å². The number of rotatable bonds is 4. The Morgan fingerprint density at radius 3 is 2.31 bits per heavy atom. The van der Waals surface area contributed by atoms with Crippen molar-refractivity contribution >= 4 is 16.8 Å². The van der Waals surface area contributed by atoms with E-state index in [0.717, 1.165) is 5.56 Å². The smallest absolute Gasteiger partial charge is 0.337 e. The molecule has 0 amide bonds. The molecule has 1 aromatic carbocycles. The number of carbonyl (C=O) groups is 1. The first-order valence-electron chi connectivity index (χ1n) is 5.09. The number of carbonyl (C=O) groups excluding carboxylic acids is 1. The molecule has 0 saturated heterocycles. The van der Waals surface area contributed by atoms with Crippen molar-refractivity contribution < 1.29 is 13.7 Å². The molecule has 88 valence electrons. The fourth-order valence-electron chi connectivity index (χ4n) is 1.19. The van der Waals surface area contributed by atoms with Gasteiger partial charge in [-0.05, 0) is 17.7 Å². The molecule has 0 N–H and O–H groups in total. The Bertz CT molecular complexity index is 382. The van der Waals surface area contributed by atoms with E-state index in [1.807, 2.05) is 26.0 Å². The Morgan fingerprint density at radius 2 is 1.88 bits per heavy atom. The molecule has 1 atom stereocenters. The summed E-state index contributed by atoms with van der Waals surface area (Å²) >= 11 is 0. The van der Waals surface area contributed by atoms with Crippen molar-refractivity contribution in [3.8, 4) is 0 Å². The molecule has 0 heterocycles. The quantitative estimate of drug-likeness (QED) is 0.757. The van der Waals surface area contributed by atoms with Crippen molar-refractivity contribution in [3.05, 3.63) is 35.4 Å². The molecule has 0 bridgehead atoms. The fourth-order valence-corrected chi connectivity index (χ4v) is 2.04. The third kappa shape index (κ3) is 3.45. The van der Waals surface area contributed by atoms with E-state index in [-0.39, 0.29) is 11.2 Å². The molecule has 0 aliphatic rings. The lowest BCUT2D eigenvalue weighted by molar-refractivity contribution is 0.0600. The summed E-state index contributed by atoms with van der Waals surface area (Å²) in [6.07, 6.45) is 0. The van der Waals surface area contributed by atoms with Gasteiger partial charge in [0, 0.05) is 21.8 Å². The lowest BCUT2D eigenvalue weighted by atomic mass is 10.1. The van der Waals surface area contributed by atoms with Crippen LogP contribution >= 0.6 is 0 Å². The van der Waals surface area contributed by atoms with Crippen LogP contribution in [-0.2, 0) is 21.3 Å². The molecule has 0 radical (unpaired) electrons. The summed E-state index contributed by atoms with van der Waals surface area (Å²) in [6.45, 7) is 3.86. The number of benzene rings is 1. The fraction of sp³-hybridized carbons (Fsp3) is 0.417. The topological polar surface area (TPSA) is 43.4 Å². The number of esters is 1. The van der Waals surface area contributed by atoms with Crippen molar-refractivity contribution in [2.75, 3.05) is 7.11 Å². The Kier molecular flexibility index (Phi) is 4.68. The third-order valence-corrected chi connectivity index (χ3v) is 3.88. The van der Waals surface area contributed by atoms with Gasteiger partial charge < -0.3 is 4.74 Å². The molecule has 1 rings (SSSR count). The van der Waals surface area contributed by atoms with Crippen LogP contribution in [0.3, 0.4) is 0 Å². The maximum absolute atomic E-state index is 11.6. The Hall–Kier alpha value is -1.16. The summed E-state index contributed by atoms with van der Waals surface area (Å²) in [5, 5.41) is 0.153. The Morgan fingerprint density at radius 1 is 1.31 bits per heavy atom. The molecular formula is C12H16O3S. The molecule has 0 aromatic heterocycles. The zero-order chi connectivity index (χ0) is 12.1. The van der Waals surface area contributed by atoms with Gasteiger partial charge in [0.25, 0.3) is 0 Å². The summed E-state index contributed by atoms with van der Waals surface area (Å²) < 4.78 is 16.2. The first-order chi connectivity index (χ1) is 7.54. The van der Waals surface area contributed by atoms with Gasteiger partial charge in [-0.2, -0.15) is 0 Å². The standard InChI is InChI=1S/C12H16O3S/c1-9(2)16(14)8-10-4-6-11(7-5-10)12(13)15-3/h4-7,9H,8H2,1-3H3. The molecule has 0 spiro atoms. The summed E-state index contributed by atoms with van der Waals surface area (Å²) in [4.78, 5) is 11.2. The highest BCUT2D eigenvalue weighted by atomic mass is 32.2. The molecule has 16 heavy (non-hydrogen) atoms. The molecule has 3 nitrogen and oxygen atoms in total. The normalized spacial score (nSPS) is 12.5. The van der Waals surface area contributed by atoms with E-state index in [9.17, 15) is 9.00 Å². The van der Waals surface area contributed by atoms with Gasteiger partial charge >= 0.3 is 5.97 Å². The lowest BCUT2D eigenvalue weighted by Gasteiger charge is -2.06. The van der Waals surface area contributed by atoms with Crippen LogP contribution in [0.2, 0.25) is 0 Å². The van der Waals surface area contributed by atoms with Crippen molar-refractivity contribution in [2.45, 2.75) is 24.9 Å². The SMILES string of the molecule is COC(=O)c1ccc(CS(=O)C(C)C)cc1. The Labute approximate surface area is 98.3 Å². The number of hydrogen-bond donors (Lipinski definition) is 0.